The van der Waals surface area contributed by atoms with Crippen LogP contribution >= 0.6 is 12.2 Å². The van der Waals surface area contributed by atoms with Crippen LogP contribution in [0.1, 0.15) is 5.56 Å². The Labute approximate surface area is 103 Å². The van der Waals surface area contributed by atoms with Crippen molar-refractivity contribution in [3.05, 3.63) is 34.6 Å². The summed E-state index contributed by atoms with van der Waals surface area (Å²) in [5.41, 5.74) is 6.95. The van der Waals surface area contributed by atoms with Crippen molar-refractivity contribution in [1.29, 1.82) is 0 Å². The van der Waals surface area contributed by atoms with Gasteiger partial charge in [-0.15, -0.1) is 5.10 Å². The van der Waals surface area contributed by atoms with Crippen molar-refractivity contribution in [1.82, 2.24) is 14.8 Å². The van der Waals surface area contributed by atoms with E-state index in [1.165, 1.54) is 5.56 Å². The first kappa shape index (κ1) is 10.3. The van der Waals surface area contributed by atoms with Gasteiger partial charge in [-0.05, 0) is 23.8 Å². The molecule has 0 radical (unpaired) electrons. The first-order valence-electron chi connectivity index (χ1n) is 5.39. The van der Waals surface area contributed by atoms with Gasteiger partial charge in [-0.2, -0.15) is 0 Å². The molecule has 88 valence electrons. The lowest BCUT2D eigenvalue weighted by Crippen LogP contribution is -2.21. The predicted molar refractivity (Wildman–Crippen MR) is 66.4 cm³/mol. The van der Waals surface area contributed by atoms with Gasteiger partial charge < -0.3 is 10.5 Å². The van der Waals surface area contributed by atoms with Crippen LogP contribution in [0.4, 0.5) is 5.95 Å². The van der Waals surface area contributed by atoms with Crippen molar-refractivity contribution in [2.45, 2.75) is 19.1 Å². The van der Waals surface area contributed by atoms with Gasteiger partial charge in [0, 0.05) is 6.42 Å². The van der Waals surface area contributed by atoms with E-state index in [1.54, 1.807) is 4.57 Å². The Balaban J connectivity index is 1.80. The van der Waals surface area contributed by atoms with Crippen LogP contribution < -0.4 is 10.5 Å². The lowest BCUT2D eigenvalue weighted by atomic mass is 10.1. The summed E-state index contributed by atoms with van der Waals surface area (Å²) in [5.74, 6) is 1.35. The summed E-state index contributed by atoms with van der Waals surface area (Å²) >= 11 is 5.10. The number of para-hydroxylation sites is 1. The number of benzene rings is 1. The Kier molecular flexibility index (Phi) is 2.36. The number of anilines is 1. The van der Waals surface area contributed by atoms with Crippen LogP contribution in [0.25, 0.3) is 0 Å². The summed E-state index contributed by atoms with van der Waals surface area (Å²) in [7, 11) is 0. The summed E-state index contributed by atoms with van der Waals surface area (Å²) in [6.07, 6.45) is 0.946. The first-order valence-corrected chi connectivity index (χ1v) is 5.80. The van der Waals surface area contributed by atoms with Crippen molar-refractivity contribution in [3.8, 4) is 5.75 Å². The third-order valence-electron chi connectivity index (χ3n) is 2.89. The van der Waals surface area contributed by atoms with Gasteiger partial charge >= 0.3 is 0 Å². The van der Waals surface area contributed by atoms with Crippen molar-refractivity contribution >= 4 is 18.2 Å². The van der Waals surface area contributed by atoms with Gasteiger partial charge in [0.1, 0.15) is 11.9 Å². The fourth-order valence-corrected chi connectivity index (χ4v) is 2.28. The van der Waals surface area contributed by atoms with E-state index in [4.69, 9.17) is 22.7 Å². The highest BCUT2D eigenvalue weighted by molar-refractivity contribution is 7.71. The van der Waals surface area contributed by atoms with Gasteiger partial charge in [-0.25, -0.2) is 5.10 Å². The van der Waals surface area contributed by atoms with E-state index >= 15 is 0 Å². The number of nitrogens with zero attached hydrogens (tertiary/aromatic N) is 2. The van der Waals surface area contributed by atoms with E-state index < -0.39 is 0 Å². The highest BCUT2D eigenvalue weighted by Crippen LogP contribution is 2.28. The van der Waals surface area contributed by atoms with Crippen molar-refractivity contribution < 1.29 is 4.74 Å². The van der Waals surface area contributed by atoms with Crippen LogP contribution in [0.2, 0.25) is 0 Å². The Hall–Kier alpha value is -1.82. The van der Waals surface area contributed by atoms with Crippen molar-refractivity contribution in [3.63, 3.8) is 0 Å². The number of hydrogen-bond acceptors (Lipinski definition) is 4. The number of hydrogen-bond donors (Lipinski definition) is 2. The minimum absolute atomic E-state index is 0.0685. The molecular formula is C11H12N4OS. The average molecular weight is 248 g/mol. The van der Waals surface area contributed by atoms with Crippen molar-refractivity contribution in [2.75, 3.05) is 5.73 Å². The van der Waals surface area contributed by atoms with E-state index in [0.29, 0.717) is 17.3 Å². The minimum atomic E-state index is 0.0685. The van der Waals surface area contributed by atoms with Gasteiger partial charge in [0.25, 0.3) is 0 Å². The minimum Gasteiger partial charge on any atom is -0.488 e. The highest BCUT2D eigenvalue weighted by atomic mass is 32.1. The van der Waals surface area contributed by atoms with Gasteiger partial charge in [0.05, 0.1) is 6.54 Å². The Morgan fingerprint density at radius 2 is 2.35 bits per heavy atom. The second kappa shape index (κ2) is 3.89. The summed E-state index contributed by atoms with van der Waals surface area (Å²) in [6, 6.07) is 8.04. The van der Waals surface area contributed by atoms with Crippen LogP contribution in [-0.2, 0) is 13.0 Å². The van der Waals surface area contributed by atoms with Gasteiger partial charge in [-0.1, -0.05) is 18.2 Å². The molecule has 6 heteroatoms. The smallest absolute Gasteiger partial charge is 0.220 e. The molecule has 2 aromatic rings. The molecule has 1 aliphatic heterocycles. The molecule has 0 fully saturated rings. The Bertz CT molecular complexity index is 579. The largest absolute Gasteiger partial charge is 0.488 e. The quantitative estimate of drug-likeness (QED) is 0.791. The SMILES string of the molecule is Nc1n[nH]c(=S)n1CC1Cc2ccccc2O1. The third kappa shape index (κ3) is 1.80. The number of nitrogens with two attached hydrogens (primary N) is 1. The number of aromatic amines is 1. The molecule has 0 bridgehead atoms. The summed E-state index contributed by atoms with van der Waals surface area (Å²) in [4.78, 5) is 0. The summed E-state index contributed by atoms with van der Waals surface area (Å²) in [6.45, 7) is 0.621. The predicted octanol–water partition coefficient (Wildman–Crippen LogP) is 1.53. The molecule has 1 aromatic carbocycles. The number of H-pyrrole nitrogens is 1. The molecule has 1 aliphatic rings. The van der Waals surface area contributed by atoms with Crippen LogP contribution in [0, 0.1) is 4.77 Å². The fourth-order valence-electron chi connectivity index (χ4n) is 2.07. The number of ether oxygens (including phenoxy) is 1. The number of nitrogen functional groups attached to an aromatic ring is 1. The van der Waals surface area contributed by atoms with Gasteiger partial charge in [-0.3, -0.25) is 4.57 Å². The maximum atomic E-state index is 5.83. The monoisotopic (exact) mass is 248 g/mol. The van der Waals surface area contributed by atoms with E-state index in [0.717, 1.165) is 12.2 Å². The molecule has 1 atom stereocenters. The lowest BCUT2D eigenvalue weighted by Gasteiger charge is -2.11. The van der Waals surface area contributed by atoms with E-state index in [2.05, 4.69) is 16.3 Å². The van der Waals surface area contributed by atoms with E-state index in [-0.39, 0.29) is 6.10 Å². The molecule has 0 saturated carbocycles. The highest BCUT2D eigenvalue weighted by Gasteiger charge is 2.23. The average Bonchev–Trinajstić information content (AvgIpc) is 2.87. The van der Waals surface area contributed by atoms with E-state index in [1.807, 2.05) is 18.2 Å². The maximum absolute atomic E-state index is 5.83. The summed E-state index contributed by atoms with van der Waals surface area (Å²) in [5, 5.41) is 6.54. The normalized spacial score (nSPS) is 17.8. The van der Waals surface area contributed by atoms with Gasteiger partial charge in [0.2, 0.25) is 5.95 Å². The second-order valence-corrected chi connectivity index (χ2v) is 4.44. The molecule has 5 nitrogen and oxygen atoms in total. The topological polar surface area (TPSA) is 68.9 Å². The molecular weight excluding hydrogens is 236 g/mol. The molecule has 0 amide bonds. The van der Waals surface area contributed by atoms with Crippen LogP contribution in [-0.4, -0.2) is 20.9 Å². The molecule has 1 aromatic heterocycles. The Morgan fingerprint density at radius 1 is 1.53 bits per heavy atom. The lowest BCUT2D eigenvalue weighted by molar-refractivity contribution is 0.209. The molecule has 1 unspecified atom stereocenters. The molecule has 0 aliphatic carbocycles. The molecule has 17 heavy (non-hydrogen) atoms. The van der Waals surface area contributed by atoms with E-state index in [9.17, 15) is 0 Å². The Morgan fingerprint density at radius 3 is 3.06 bits per heavy atom. The van der Waals surface area contributed by atoms with Crippen LogP contribution in [0.3, 0.4) is 0 Å². The fraction of sp³-hybridized carbons (Fsp3) is 0.273. The second-order valence-electron chi connectivity index (χ2n) is 4.05. The molecule has 3 N–H and O–H groups in total. The number of fused-ring (bicyclic) bond motifs is 1. The number of aromatic nitrogens is 3. The zero-order valence-electron chi connectivity index (χ0n) is 9.09. The van der Waals surface area contributed by atoms with Gasteiger partial charge in [0.15, 0.2) is 4.77 Å². The standard InChI is InChI=1S/C11H12N4OS/c12-10-13-14-11(17)15(10)6-8-5-7-3-1-2-4-9(7)16-8/h1-4,8H,5-6H2,(H2,12,13)(H,14,17). The third-order valence-corrected chi connectivity index (χ3v) is 3.20. The van der Waals surface area contributed by atoms with Crippen molar-refractivity contribution in [2.24, 2.45) is 0 Å². The number of rotatable bonds is 2. The molecule has 3 rings (SSSR count). The summed E-state index contributed by atoms with van der Waals surface area (Å²) < 4.78 is 8.11. The molecule has 2 heterocycles. The molecule has 0 saturated heterocycles. The van der Waals surface area contributed by atoms with Crippen LogP contribution in [0.5, 0.6) is 5.75 Å². The maximum Gasteiger partial charge on any atom is 0.220 e. The number of nitrogens with one attached hydrogen (secondary N) is 1. The first-order chi connectivity index (χ1) is 8.24. The van der Waals surface area contributed by atoms with Crippen LogP contribution in [0.15, 0.2) is 24.3 Å². The zero-order valence-corrected chi connectivity index (χ0v) is 9.91. The zero-order chi connectivity index (χ0) is 11.8. The molecule has 0 spiro atoms.